The summed E-state index contributed by atoms with van der Waals surface area (Å²) in [5.41, 5.74) is 15.1. The lowest BCUT2D eigenvalue weighted by molar-refractivity contribution is -0.155. The van der Waals surface area contributed by atoms with Crippen LogP contribution in [0.5, 0.6) is 5.75 Å². The fourth-order valence-electron chi connectivity index (χ4n) is 9.84. The van der Waals surface area contributed by atoms with Crippen molar-refractivity contribution in [2.24, 2.45) is 23.0 Å². The van der Waals surface area contributed by atoms with Gasteiger partial charge in [0.2, 0.25) is 17.7 Å². The van der Waals surface area contributed by atoms with Gasteiger partial charge in [-0.2, -0.15) is 0 Å². The fraction of sp³-hybridized carbons (Fsp3) is 0.510. The molecule has 0 spiro atoms. The minimum atomic E-state index is -1.16. The lowest BCUT2D eigenvalue weighted by atomic mass is 9.84. The average molecular weight is 893 g/mol. The summed E-state index contributed by atoms with van der Waals surface area (Å²) in [4.78, 5) is 76.9. The van der Waals surface area contributed by atoms with Gasteiger partial charge >= 0.3 is 5.97 Å². The first-order valence-electron chi connectivity index (χ1n) is 22.7. The van der Waals surface area contributed by atoms with Gasteiger partial charge in [-0.15, -0.1) is 0 Å². The first-order chi connectivity index (χ1) is 31.0. The Balaban J connectivity index is 1.30. The number of aromatic nitrogens is 2. The number of cyclic esters (lactones) is 1. The SMILES string of the molecule is CCn1c(-c2cccnc2COC)c2c3cc(ccc31)-c1cc(O)cc(c1)C[C@H](NC(=O)C(C(C)C)N(C)C(=O)[C@H]1CCN(C(=O)CN)C1)C(=O)N1CCC[C@H](N1)C(=O)OCC(C)(C)C2. The molecule has 16 heteroatoms. The molecule has 16 nitrogen and oxygen atoms in total. The Morgan fingerprint density at radius 2 is 1.88 bits per heavy atom. The number of aryl methyl sites for hydroxylation is 1. The van der Waals surface area contributed by atoms with Crippen LogP contribution in [0.15, 0.2) is 54.7 Å². The minimum absolute atomic E-state index is 0.0120. The maximum Gasteiger partial charge on any atom is 0.324 e. The van der Waals surface area contributed by atoms with Crippen LogP contribution in [0, 0.1) is 17.3 Å². The molecular weight excluding hydrogens is 829 g/mol. The van der Waals surface area contributed by atoms with Crippen molar-refractivity contribution < 1.29 is 38.6 Å². The summed E-state index contributed by atoms with van der Waals surface area (Å²) in [6, 6.07) is 12.5. The number of fused-ring (bicyclic) bond motifs is 6. The third-order valence-corrected chi connectivity index (χ3v) is 13.0. The topological polar surface area (TPSA) is 202 Å². The Morgan fingerprint density at radius 1 is 1.09 bits per heavy atom. The summed E-state index contributed by atoms with van der Waals surface area (Å²) in [6.45, 7) is 11.7. The predicted octanol–water partition coefficient (Wildman–Crippen LogP) is 4.18. The van der Waals surface area contributed by atoms with E-state index in [4.69, 9.17) is 20.2 Å². The highest BCUT2D eigenvalue weighted by molar-refractivity contribution is 5.96. The molecule has 65 heavy (non-hydrogen) atoms. The second-order valence-electron chi connectivity index (χ2n) is 18.8. The molecule has 5 heterocycles. The number of hydrogen-bond acceptors (Lipinski definition) is 11. The molecule has 3 aliphatic heterocycles. The summed E-state index contributed by atoms with van der Waals surface area (Å²) < 4.78 is 14.0. The van der Waals surface area contributed by atoms with Crippen molar-refractivity contribution in [2.75, 3.05) is 46.9 Å². The number of nitrogens with two attached hydrogens (primary N) is 1. The lowest BCUT2D eigenvalue weighted by Crippen LogP contribution is -2.62. The molecule has 5 N–H and O–H groups in total. The number of aromatic hydroxyl groups is 1. The predicted molar refractivity (Wildman–Crippen MR) is 246 cm³/mol. The minimum Gasteiger partial charge on any atom is -0.508 e. The van der Waals surface area contributed by atoms with Crippen LogP contribution in [-0.2, 0) is 59.4 Å². The fourth-order valence-corrected chi connectivity index (χ4v) is 9.84. The van der Waals surface area contributed by atoms with Crippen LogP contribution in [0.4, 0.5) is 0 Å². The van der Waals surface area contributed by atoms with Gasteiger partial charge in [-0.3, -0.25) is 34.0 Å². The van der Waals surface area contributed by atoms with Crippen molar-refractivity contribution in [3.8, 4) is 28.1 Å². The molecule has 6 bridgehead atoms. The van der Waals surface area contributed by atoms with Gasteiger partial charge in [0.25, 0.3) is 5.91 Å². The largest absolute Gasteiger partial charge is 0.508 e. The lowest BCUT2D eigenvalue weighted by Gasteiger charge is -2.37. The maximum atomic E-state index is 14.7. The number of benzene rings is 2. The Kier molecular flexibility index (Phi) is 14.3. The molecule has 7 rings (SSSR count). The van der Waals surface area contributed by atoms with Crippen molar-refractivity contribution in [3.63, 3.8) is 0 Å². The van der Waals surface area contributed by atoms with Crippen LogP contribution < -0.4 is 16.5 Å². The number of hydrazine groups is 1. The number of amides is 4. The van der Waals surface area contributed by atoms with Crippen LogP contribution in [-0.4, -0.2) is 124 Å². The Hall–Kier alpha value is -5.84. The summed E-state index contributed by atoms with van der Waals surface area (Å²) in [5.74, 6) is -2.87. The molecule has 1 unspecified atom stereocenters. The van der Waals surface area contributed by atoms with E-state index in [0.29, 0.717) is 56.5 Å². The molecule has 348 valence electrons. The van der Waals surface area contributed by atoms with E-state index >= 15 is 0 Å². The van der Waals surface area contributed by atoms with Crippen molar-refractivity contribution in [2.45, 2.75) is 98.0 Å². The molecule has 4 aromatic rings. The van der Waals surface area contributed by atoms with Crippen LogP contribution in [0.1, 0.15) is 70.7 Å². The van der Waals surface area contributed by atoms with Crippen LogP contribution >= 0.6 is 0 Å². The summed E-state index contributed by atoms with van der Waals surface area (Å²) in [5, 5.41) is 16.7. The number of nitrogens with zero attached hydrogens (tertiary/aromatic N) is 5. The van der Waals surface area contributed by atoms with Crippen LogP contribution in [0.2, 0.25) is 0 Å². The van der Waals surface area contributed by atoms with Crippen LogP contribution in [0.3, 0.4) is 0 Å². The molecule has 0 radical (unpaired) electrons. The van der Waals surface area contributed by atoms with E-state index in [9.17, 15) is 29.1 Å². The Bertz CT molecular complexity index is 2450. The highest BCUT2D eigenvalue weighted by Crippen LogP contribution is 2.41. The monoisotopic (exact) mass is 892 g/mol. The van der Waals surface area contributed by atoms with Gasteiger partial charge in [0.1, 0.15) is 23.9 Å². The number of methoxy groups -OCH3 is 1. The number of phenolic OH excluding ortho intramolecular Hbond substituents is 1. The summed E-state index contributed by atoms with van der Waals surface area (Å²) >= 11 is 0. The number of carbonyl (C=O) groups excluding carboxylic acids is 5. The molecule has 2 aromatic heterocycles. The van der Waals surface area contributed by atoms with E-state index in [1.165, 1.54) is 9.91 Å². The van der Waals surface area contributed by atoms with Crippen molar-refractivity contribution in [1.29, 1.82) is 0 Å². The number of pyridine rings is 1. The number of ether oxygens (including phenoxy) is 2. The number of likely N-dealkylation sites (tertiary alicyclic amines) is 1. The quantitative estimate of drug-likeness (QED) is 0.167. The normalized spacial score (nSPS) is 20.7. The standard InChI is InChI=1S/C49H64N8O8/c1-8-56-41-14-13-31-23-36(41)37(44(56)35-11-9-16-51-40(35)27-64-7)24-49(4,5)28-65-48(63)38-12-10-17-57(53-38)47(62)39(21-30-19-33(31)22-34(58)20-30)52-45(60)43(29(2)3)54(6)46(61)32-15-18-55(26-32)42(59)25-50/h9,11,13-14,16,19-20,22-23,29,32,38-39,43,53,58H,8,10,12,15,17-18,21,24-28,50H2,1-7H3,(H,52,60)/t32-,38-,39-,43?/m0/s1. The molecule has 4 atom stereocenters. The maximum absolute atomic E-state index is 14.7. The van der Waals surface area contributed by atoms with Gasteiger partial charge < -0.3 is 40.0 Å². The van der Waals surface area contributed by atoms with Gasteiger partial charge in [-0.05, 0) is 97.2 Å². The second kappa shape index (κ2) is 19.7. The summed E-state index contributed by atoms with van der Waals surface area (Å²) in [6.07, 6.45) is 3.69. The van der Waals surface area contributed by atoms with Gasteiger partial charge in [-0.25, -0.2) is 5.43 Å². The Labute approximate surface area is 380 Å². The number of esters is 1. The molecular formula is C49H64N8O8. The molecule has 2 aromatic carbocycles. The third kappa shape index (κ3) is 10.0. The highest BCUT2D eigenvalue weighted by Gasteiger charge is 2.40. The highest BCUT2D eigenvalue weighted by atomic mass is 16.5. The number of likely N-dealkylation sites (N-methyl/N-ethyl adjacent to an activating group) is 1. The number of rotatable bonds is 10. The average Bonchev–Trinajstić information content (AvgIpc) is 3.90. The molecule has 2 saturated heterocycles. The number of carbonyl (C=O) groups is 5. The van der Waals surface area contributed by atoms with Crippen molar-refractivity contribution in [1.82, 2.24) is 35.1 Å². The zero-order valence-electron chi connectivity index (χ0n) is 38.7. The second-order valence-corrected chi connectivity index (χ2v) is 18.8. The van der Waals surface area contributed by atoms with E-state index < -0.39 is 47.2 Å². The first kappa shape index (κ1) is 47.1. The van der Waals surface area contributed by atoms with E-state index in [1.54, 1.807) is 37.4 Å². The van der Waals surface area contributed by atoms with Gasteiger partial charge in [0.15, 0.2) is 0 Å². The van der Waals surface area contributed by atoms with Gasteiger partial charge in [0, 0.05) is 74.8 Å². The third-order valence-electron chi connectivity index (χ3n) is 13.0. The molecule has 3 aliphatic rings. The van der Waals surface area contributed by atoms with Crippen LogP contribution in [0.25, 0.3) is 33.3 Å². The van der Waals surface area contributed by atoms with Crippen molar-refractivity contribution in [3.05, 3.63) is 71.5 Å². The number of phenols is 1. The van der Waals surface area contributed by atoms with E-state index in [2.05, 4.69) is 54.3 Å². The number of hydrogen-bond donors (Lipinski definition) is 4. The molecule has 0 aliphatic carbocycles. The smallest absolute Gasteiger partial charge is 0.324 e. The summed E-state index contributed by atoms with van der Waals surface area (Å²) in [7, 11) is 3.23. The molecule has 4 amide bonds. The molecule has 0 saturated carbocycles. The first-order valence-corrected chi connectivity index (χ1v) is 22.7. The Morgan fingerprint density at radius 3 is 2.60 bits per heavy atom. The molecule has 2 fully saturated rings. The van der Waals surface area contributed by atoms with Gasteiger partial charge in [0.05, 0.1) is 37.1 Å². The van der Waals surface area contributed by atoms with E-state index in [1.807, 2.05) is 32.0 Å². The zero-order valence-corrected chi connectivity index (χ0v) is 38.7. The van der Waals surface area contributed by atoms with Gasteiger partial charge in [-0.1, -0.05) is 39.8 Å². The van der Waals surface area contributed by atoms with E-state index in [-0.39, 0.29) is 56.1 Å². The van der Waals surface area contributed by atoms with E-state index in [0.717, 1.165) is 39.0 Å². The number of nitrogens with one attached hydrogen (secondary N) is 2. The van der Waals surface area contributed by atoms with Crippen molar-refractivity contribution >= 4 is 40.5 Å². The zero-order chi connectivity index (χ0) is 46.7.